The smallest absolute Gasteiger partial charge is 0.373 e. The van der Waals surface area contributed by atoms with Gasteiger partial charge in [-0.2, -0.15) is 0 Å². The van der Waals surface area contributed by atoms with Crippen molar-refractivity contribution in [3.05, 3.63) is 53.7 Å². The molecule has 1 aromatic carbocycles. The molecule has 0 atom stereocenters. The maximum absolute atomic E-state index is 11.3. The number of methoxy groups -OCH3 is 1. The first kappa shape index (κ1) is 13.4. The van der Waals surface area contributed by atoms with E-state index in [2.05, 4.69) is 20.0 Å². The van der Waals surface area contributed by atoms with Crippen molar-refractivity contribution in [1.82, 2.24) is 15.3 Å². The molecule has 0 saturated heterocycles. The summed E-state index contributed by atoms with van der Waals surface area (Å²) in [5.41, 5.74) is 1.96. The minimum absolute atomic E-state index is 0.207. The van der Waals surface area contributed by atoms with Gasteiger partial charge in [-0.1, -0.05) is 12.1 Å². The molecule has 0 amide bonds. The number of benzene rings is 1. The summed E-state index contributed by atoms with van der Waals surface area (Å²) >= 11 is 0. The molecule has 0 radical (unpaired) electrons. The zero-order chi connectivity index (χ0) is 14.7. The Morgan fingerprint density at radius 3 is 2.95 bits per heavy atom. The van der Waals surface area contributed by atoms with Crippen LogP contribution in [0.15, 0.2) is 40.8 Å². The summed E-state index contributed by atoms with van der Waals surface area (Å²) in [6, 6.07) is 11.2. The van der Waals surface area contributed by atoms with E-state index in [4.69, 9.17) is 4.42 Å². The summed E-state index contributed by atoms with van der Waals surface area (Å²) in [7, 11) is 1.32. The van der Waals surface area contributed by atoms with E-state index < -0.39 is 5.97 Å². The van der Waals surface area contributed by atoms with Crippen molar-refractivity contribution >= 4 is 17.0 Å². The number of nitrogens with one attached hydrogen (secondary N) is 2. The van der Waals surface area contributed by atoms with Crippen LogP contribution in [0.5, 0.6) is 0 Å². The van der Waals surface area contributed by atoms with E-state index in [1.54, 1.807) is 12.1 Å². The number of carbonyl (C=O) groups excluding carboxylic acids is 1. The molecule has 6 nitrogen and oxygen atoms in total. The minimum Gasteiger partial charge on any atom is -0.463 e. The molecule has 2 aromatic heterocycles. The Morgan fingerprint density at radius 1 is 1.29 bits per heavy atom. The van der Waals surface area contributed by atoms with E-state index in [9.17, 15) is 4.79 Å². The average molecular weight is 285 g/mol. The Morgan fingerprint density at radius 2 is 2.14 bits per heavy atom. The molecule has 108 valence electrons. The van der Waals surface area contributed by atoms with Crippen molar-refractivity contribution in [2.24, 2.45) is 0 Å². The molecule has 0 unspecified atom stereocenters. The molecule has 21 heavy (non-hydrogen) atoms. The monoisotopic (exact) mass is 285 g/mol. The predicted molar refractivity (Wildman–Crippen MR) is 76.7 cm³/mol. The lowest BCUT2D eigenvalue weighted by Gasteiger charge is -1.99. The highest BCUT2D eigenvalue weighted by Crippen LogP contribution is 2.11. The molecular formula is C15H15N3O3. The maximum atomic E-state index is 11.3. The predicted octanol–water partition coefficient (Wildman–Crippen LogP) is 2.23. The number of rotatable bonds is 5. The summed E-state index contributed by atoms with van der Waals surface area (Å²) in [6.45, 7) is 1.09. The minimum atomic E-state index is -0.474. The largest absolute Gasteiger partial charge is 0.463 e. The lowest BCUT2D eigenvalue weighted by Crippen LogP contribution is -2.13. The quantitative estimate of drug-likeness (QED) is 0.703. The van der Waals surface area contributed by atoms with Gasteiger partial charge in [0.1, 0.15) is 11.6 Å². The van der Waals surface area contributed by atoms with Crippen molar-refractivity contribution in [2.45, 2.75) is 13.1 Å². The fraction of sp³-hybridized carbons (Fsp3) is 0.200. The van der Waals surface area contributed by atoms with Gasteiger partial charge in [0.05, 0.1) is 31.2 Å². The van der Waals surface area contributed by atoms with E-state index in [0.29, 0.717) is 18.8 Å². The van der Waals surface area contributed by atoms with Crippen molar-refractivity contribution in [3.8, 4) is 0 Å². The summed E-state index contributed by atoms with van der Waals surface area (Å²) in [4.78, 5) is 19.0. The number of esters is 1. The molecule has 0 spiro atoms. The summed E-state index contributed by atoms with van der Waals surface area (Å²) < 4.78 is 9.95. The van der Waals surface area contributed by atoms with Crippen LogP contribution in [0, 0.1) is 0 Å². The van der Waals surface area contributed by atoms with Crippen LogP contribution in [0.2, 0.25) is 0 Å². The third kappa shape index (κ3) is 2.95. The van der Waals surface area contributed by atoms with Crippen LogP contribution in [-0.2, 0) is 17.8 Å². The summed E-state index contributed by atoms with van der Waals surface area (Å²) in [6.07, 6.45) is 0. The number of carbonyl (C=O) groups is 1. The maximum Gasteiger partial charge on any atom is 0.373 e. The number of ether oxygens (including phenoxy) is 1. The summed E-state index contributed by atoms with van der Waals surface area (Å²) in [5, 5.41) is 3.21. The number of para-hydroxylation sites is 2. The van der Waals surface area contributed by atoms with Crippen molar-refractivity contribution < 1.29 is 13.9 Å². The SMILES string of the molecule is COC(=O)c1ccc(CNCc2nc3ccccc3[nH]2)o1. The molecule has 3 aromatic rings. The Bertz CT molecular complexity index is 727. The van der Waals surface area contributed by atoms with Gasteiger partial charge >= 0.3 is 5.97 Å². The molecule has 3 rings (SSSR count). The number of furan rings is 1. The van der Waals surface area contributed by atoms with Crippen molar-refractivity contribution in [1.29, 1.82) is 0 Å². The number of hydrogen-bond acceptors (Lipinski definition) is 5. The lowest BCUT2D eigenvalue weighted by molar-refractivity contribution is 0.0563. The highest BCUT2D eigenvalue weighted by Gasteiger charge is 2.10. The Hall–Kier alpha value is -2.60. The summed E-state index contributed by atoms with van der Waals surface area (Å²) in [5.74, 6) is 1.26. The average Bonchev–Trinajstić information content (AvgIpc) is 3.12. The van der Waals surface area contributed by atoms with Gasteiger partial charge in [0.2, 0.25) is 5.76 Å². The molecule has 2 N–H and O–H groups in total. The molecular weight excluding hydrogens is 270 g/mol. The van der Waals surface area contributed by atoms with E-state index in [-0.39, 0.29) is 5.76 Å². The molecule has 0 aliphatic carbocycles. The third-order valence-corrected chi connectivity index (χ3v) is 3.08. The van der Waals surface area contributed by atoms with Gasteiger partial charge in [0.15, 0.2) is 0 Å². The van der Waals surface area contributed by atoms with Gasteiger partial charge in [-0.3, -0.25) is 0 Å². The Labute approximate surface area is 121 Å². The first-order valence-electron chi connectivity index (χ1n) is 6.57. The van der Waals surface area contributed by atoms with E-state index >= 15 is 0 Å². The molecule has 0 fully saturated rings. The van der Waals surface area contributed by atoms with Crippen molar-refractivity contribution in [2.75, 3.05) is 7.11 Å². The zero-order valence-electron chi connectivity index (χ0n) is 11.6. The van der Waals surface area contributed by atoms with Gasteiger partial charge in [-0.05, 0) is 24.3 Å². The van der Waals surface area contributed by atoms with Gasteiger partial charge in [-0.25, -0.2) is 9.78 Å². The molecule has 0 aliphatic heterocycles. The third-order valence-electron chi connectivity index (χ3n) is 3.08. The van der Waals surface area contributed by atoms with Gasteiger partial charge < -0.3 is 19.5 Å². The number of nitrogens with zero attached hydrogens (tertiary/aromatic N) is 1. The van der Waals surface area contributed by atoms with E-state index in [1.807, 2.05) is 24.3 Å². The number of hydrogen-bond donors (Lipinski definition) is 2. The number of fused-ring (bicyclic) bond motifs is 1. The molecule has 0 saturated carbocycles. The van der Waals surface area contributed by atoms with Gasteiger partial charge in [0.25, 0.3) is 0 Å². The van der Waals surface area contributed by atoms with Crippen LogP contribution in [-0.4, -0.2) is 23.0 Å². The first-order chi connectivity index (χ1) is 10.3. The van der Waals surface area contributed by atoms with Crippen LogP contribution >= 0.6 is 0 Å². The van der Waals surface area contributed by atoms with Crippen molar-refractivity contribution in [3.63, 3.8) is 0 Å². The zero-order valence-corrected chi connectivity index (χ0v) is 11.6. The van der Waals surface area contributed by atoms with E-state index in [0.717, 1.165) is 16.9 Å². The fourth-order valence-electron chi connectivity index (χ4n) is 2.08. The topological polar surface area (TPSA) is 80.1 Å². The lowest BCUT2D eigenvalue weighted by atomic mass is 10.3. The Balaban J connectivity index is 1.58. The number of imidazole rings is 1. The molecule has 0 bridgehead atoms. The second kappa shape index (κ2) is 5.80. The number of aromatic nitrogens is 2. The van der Waals surface area contributed by atoms with Crippen LogP contribution in [0.3, 0.4) is 0 Å². The number of H-pyrrole nitrogens is 1. The Kier molecular flexibility index (Phi) is 3.70. The molecule has 6 heteroatoms. The van der Waals surface area contributed by atoms with E-state index in [1.165, 1.54) is 7.11 Å². The normalized spacial score (nSPS) is 10.9. The van der Waals surface area contributed by atoms with Crippen LogP contribution in [0.25, 0.3) is 11.0 Å². The first-order valence-corrected chi connectivity index (χ1v) is 6.57. The second-order valence-corrected chi connectivity index (χ2v) is 4.56. The van der Waals surface area contributed by atoms with Crippen LogP contribution in [0.1, 0.15) is 22.1 Å². The second-order valence-electron chi connectivity index (χ2n) is 4.56. The molecule has 0 aliphatic rings. The van der Waals surface area contributed by atoms with Crippen LogP contribution < -0.4 is 5.32 Å². The standard InChI is InChI=1S/C15H15N3O3/c1-20-15(19)13-7-6-10(21-13)8-16-9-14-17-11-4-2-3-5-12(11)18-14/h2-7,16H,8-9H2,1H3,(H,17,18). The highest BCUT2D eigenvalue weighted by molar-refractivity contribution is 5.86. The highest BCUT2D eigenvalue weighted by atomic mass is 16.5. The van der Waals surface area contributed by atoms with Gasteiger partial charge in [0, 0.05) is 0 Å². The number of aromatic amines is 1. The fourth-order valence-corrected chi connectivity index (χ4v) is 2.08. The molecule has 2 heterocycles. The van der Waals surface area contributed by atoms with Gasteiger partial charge in [-0.15, -0.1) is 0 Å². The van der Waals surface area contributed by atoms with Crippen LogP contribution in [0.4, 0.5) is 0 Å².